The van der Waals surface area contributed by atoms with Crippen molar-refractivity contribution in [3.8, 4) is 16.9 Å². The highest BCUT2D eigenvalue weighted by Crippen LogP contribution is 2.40. The number of allylic oxidation sites excluding steroid dienone is 1. The van der Waals surface area contributed by atoms with E-state index in [1.165, 1.54) is 0 Å². The number of nitrogens with one attached hydrogen (secondary N) is 1. The van der Waals surface area contributed by atoms with Crippen LogP contribution in [0.4, 0.5) is 0 Å². The average molecular weight is 455 g/mol. The molecule has 1 N–H and O–H groups in total. The van der Waals surface area contributed by atoms with Gasteiger partial charge in [0, 0.05) is 39.7 Å². The smallest absolute Gasteiger partial charge is 0.244 e. The number of carbonyl (C=O) groups is 1. The van der Waals surface area contributed by atoms with Crippen molar-refractivity contribution < 1.29 is 13.9 Å². The van der Waals surface area contributed by atoms with Crippen LogP contribution in [0.5, 0.6) is 5.75 Å². The van der Waals surface area contributed by atoms with E-state index < -0.39 is 0 Å². The fourth-order valence-corrected chi connectivity index (χ4v) is 3.85. The van der Waals surface area contributed by atoms with Crippen molar-refractivity contribution in [2.24, 2.45) is 0 Å². The summed E-state index contributed by atoms with van der Waals surface area (Å²) in [4.78, 5) is 14.6. The summed E-state index contributed by atoms with van der Waals surface area (Å²) in [6, 6.07) is 9.73. The lowest BCUT2D eigenvalue weighted by Crippen LogP contribution is -2.25. The Kier molecular flexibility index (Phi) is 7.99. The molecule has 32 heavy (non-hydrogen) atoms. The number of hydrogen-bond donors (Lipinski definition) is 1. The molecule has 6 heteroatoms. The van der Waals surface area contributed by atoms with Gasteiger partial charge in [0.25, 0.3) is 0 Å². The van der Waals surface area contributed by atoms with Crippen LogP contribution >= 0.6 is 11.6 Å². The molecule has 0 saturated carbocycles. The zero-order valence-corrected chi connectivity index (χ0v) is 20.2. The van der Waals surface area contributed by atoms with Crippen molar-refractivity contribution >= 4 is 34.1 Å². The number of hydrogen-bond acceptors (Lipinski definition) is 4. The molecule has 170 valence electrons. The maximum Gasteiger partial charge on any atom is 0.244 e. The number of rotatable bonds is 9. The van der Waals surface area contributed by atoms with Gasteiger partial charge in [-0.1, -0.05) is 23.7 Å². The zero-order valence-electron chi connectivity index (χ0n) is 19.4. The Bertz CT molecular complexity index is 1110. The number of fused-ring (bicyclic) bond motifs is 1. The average Bonchev–Trinajstić information content (AvgIpc) is 3.18. The number of ether oxygens (including phenoxy) is 1. The molecular weight excluding hydrogens is 424 g/mol. The molecule has 0 aliphatic heterocycles. The lowest BCUT2D eigenvalue weighted by Gasteiger charge is -2.15. The minimum Gasteiger partial charge on any atom is -0.493 e. The van der Waals surface area contributed by atoms with Crippen molar-refractivity contribution in [3.63, 3.8) is 0 Å². The quantitative estimate of drug-likeness (QED) is 0.321. The first-order valence-corrected chi connectivity index (χ1v) is 11.2. The SMILES string of the molecule is CCOc1c(/C(C)=C/C(=O)NCCCN(C)C)cc2c(-c3ccc(Cl)cc3)coc2c1C. The molecule has 1 heterocycles. The van der Waals surface area contributed by atoms with E-state index in [0.717, 1.165) is 57.5 Å². The molecule has 1 amide bonds. The number of carbonyl (C=O) groups excluding carboxylic acids is 1. The standard InChI is InChI=1S/C26H31ClN2O3/c1-6-31-25-18(3)26-22(23(16-32-26)19-8-10-20(27)11-9-19)15-21(25)17(2)14-24(30)28-12-7-13-29(4)5/h8-11,14-16H,6-7,12-13H2,1-5H3,(H,28,30)/b17-14+. The van der Waals surface area contributed by atoms with E-state index in [0.29, 0.717) is 18.2 Å². The Morgan fingerprint density at radius 2 is 1.97 bits per heavy atom. The second-order valence-electron chi connectivity index (χ2n) is 8.12. The summed E-state index contributed by atoms with van der Waals surface area (Å²) < 4.78 is 11.9. The van der Waals surface area contributed by atoms with E-state index in [1.807, 2.05) is 65.2 Å². The van der Waals surface area contributed by atoms with Gasteiger partial charge in [-0.2, -0.15) is 0 Å². The van der Waals surface area contributed by atoms with Crippen LogP contribution in [0.1, 0.15) is 31.4 Å². The molecule has 0 radical (unpaired) electrons. The molecule has 3 rings (SSSR count). The van der Waals surface area contributed by atoms with Gasteiger partial charge in [-0.05, 0) is 77.2 Å². The predicted octanol–water partition coefficient (Wildman–Crippen LogP) is 5.93. The number of amides is 1. The van der Waals surface area contributed by atoms with Crippen LogP contribution in [-0.2, 0) is 4.79 Å². The monoisotopic (exact) mass is 454 g/mol. The molecule has 0 fully saturated rings. The van der Waals surface area contributed by atoms with Gasteiger partial charge in [-0.25, -0.2) is 0 Å². The van der Waals surface area contributed by atoms with Crippen LogP contribution in [0.3, 0.4) is 0 Å². The van der Waals surface area contributed by atoms with Crippen LogP contribution in [0.25, 0.3) is 27.7 Å². The summed E-state index contributed by atoms with van der Waals surface area (Å²) in [5.41, 5.74) is 5.42. The highest BCUT2D eigenvalue weighted by molar-refractivity contribution is 6.30. The van der Waals surface area contributed by atoms with E-state index >= 15 is 0 Å². The third-order valence-electron chi connectivity index (χ3n) is 5.34. The van der Waals surface area contributed by atoms with E-state index in [-0.39, 0.29) is 5.91 Å². The largest absolute Gasteiger partial charge is 0.493 e. The molecule has 0 spiro atoms. The van der Waals surface area contributed by atoms with E-state index in [4.69, 9.17) is 20.8 Å². The van der Waals surface area contributed by atoms with Crippen molar-refractivity contribution in [1.82, 2.24) is 10.2 Å². The van der Waals surface area contributed by atoms with Gasteiger partial charge in [0.15, 0.2) is 0 Å². The summed E-state index contributed by atoms with van der Waals surface area (Å²) in [7, 11) is 4.04. The summed E-state index contributed by atoms with van der Waals surface area (Å²) in [6.45, 7) is 7.96. The lowest BCUT2D eigenvalue weighted by atomic mass is 9.96. The minimum absolute atomic E-state index is 0.105. The van der Waals surface area contributed by atoms with Gasteiger partial charge in [0.05, 0.1) is 12.9 Å². The van der Waals surface area contributed by atoms with Gasteiger partial charge in [-0.15, -0.1) is 0 Å². The summed E-state index contributed by atoms with van der Waals surface area (Å²) in [6.07, 6.45) is 4.30. The maximum absolute atomic E-state index is 12.5. The lowest BCUT2D eigenvalue weighted by molar-refractivity contribution is -0.116. The molecule has 0 aliphatic rings. The second-order valence-corrected chi connectivity index (χ2v) is 8.56. The number of halogens is 1. The van der Waals surface area contributed by atoms with E-state index in [1.54, 1.807) is 12.3 Å². The molecule has 0 unspecified atom stereocenters. The number of furan rings is 1. The highest BCUT2D eigenvalue weighted by atomic mass is 35.5. The fourth-order valence-electron chi connectivity index (χ4n) is 3.72. The Morgan fingerprint density at radius 1 is 1.25 bits per heavy atom. The highest BCUT2D eigenvalue weighted by Gasteiger charge is 2.19. The van der Waals surface area contributed by atoms with Gasteiger partial charge in [-0.3, -0.25) is 4.79 Å². The summed E-state index contributed by atoms with van der Waals surface area (Å²) in [5.74, 6) is 0.637. The fraction of sp³-hybridized carbons (Fsp3) is 0.346. The van der Waals surface area contributed by atoms with Crippen molar-refractivity contribution in [3.05, 3.63) is 58.8 Å². The van der Waals surface area contributed by atoms with Crippen molar-refractivity contribution in [2.45, 2.75) is 27.2 Å². The molecule has 0 saturated heterocycles. The third kappa shape index (κ3) is 5.53. The molecule has 5 nitrogen and oxygen atoms in total. The first-order valence-electron chi connectivity index (χ1n) is 10.9. The number of benzene rings is 2. The van der Waals surface area contributed by atoms with E-state index in [9.17, 15) is 4.79 Å². The molecular formula is C26H31ClN2O3. The third-order valence-corrected chi connectivity index (χ3v) is 5.59. The molecule has 0 aliphatic carbocycles. The van der Waals surface area contributed by atoms with Gasteiger partial charge in [0.1, 0.15) is 11.3 Å². The molecule has 1 aromatic heterocycles. The van der Waals surface area contributed by atoms with Crippen LogP contribution < -0.4 is 10.1 Å². The first-order chi connectivity index (χ1) is 15.3. The van der Waals surface area contributed by atoms with Gasteiger partial charge >= 0.3 is 0 Å². The molecule has 0 bridgehead atoms. The van der Waals surface area contributed by atoms with Gasteiger partial charge in [0.2, 0.25) is 5.91 Å². The molecule has 0 atom stereocenters. The predicted molar refractivity (Wildman–Crippen MR) is 132 cm³/mol. The van der Waals surface area contributed by atoms with Gasteiger partial charge < -0.3 is 19.4 Å². The summed E-state index contributed by atoms with van der Waals surface area (Å²) >= 11 is 6.06. The van der Waals surface area contributed by atoms with Crippen LogP contribution in [-0.4, -0.2) is 44.6 Å². The van der Waals surface area contributed by atoms with Crippen molar-refractivity contribution in [1.29, 1.82) is 0 Å². The minimum atomic E-state index is -0.105. The molecule has 2 aromatic carbocycles. The topological polar surface area (TPSA) is 54.7 Å². The van der Waals surface area contributed by atoms with Crippen LogP contribution in [0.2, 0.25) is 5.02 Å². The van der Waals surface area contributed by atoms with E-state index in [2.05, 4.69) is 10.2 Å². The maximum atomic E-state index is 12.5. The number of nitrogens with zero attached hydrogens (tertiary/aromatic N) is 1. The Labute approximate surface area is 195 Å². The first kappa shape index (κ1) is 23.9. The Balaban J connectivity index is 1.98. The second kappa shape index (κ2) is 10.7. The van der Waals surface area contributed by atoms with Crippen LogP contribution in [0, 0.1) is 6.92 Å². The summed E-state index contributed by atoms with van der Waals surface area (Å²) in [5, 5.41) is 4.63. The van der Waals surface area contributed by atoms with Crippen molar-refractivity contribution in [2.75, 3.05) is 33.8 Å². The Morgan fingerprint density at radius 3 is 2.62 bits per heavy atom. The Hall–Kier alpha value is -2.76. The normalized spacial score (nSPS) is 11.9. The van der Waals surface area contributed by atoms with Crippen LogP contribution in [0.15, 0.2) is 47.1 Å². The zero-order chi connectivity index (χ0) is 23.3. The molecule has 3 aromatic rings. The number of aryl methyl sites for hydroxylation is 1.